The first kappa shape index (κ1) is 12.8. The molecule has 1 amide bonds. The topological polar surface area (TPSA) is 65.2 Å². The molecule has 5 heteroatoms. The minimum Gasteiger partial charge on any atom is -0.438 e. The predicted octanol–water partition coefficient (Wildman–Crippen LogP) is 2.89. The Balaban J connectivity index is 2.35. The van der Waals surface area contributed by atoms with Gasteiger partial charge in [0.1, 0.15) is 11.3 Å². The van der Waals surface area contributed by atoms with Crippen molar-refractivity contribution >= 4 is 28.5 Å². The lowest BCUT2D eigenvalue weighted by Gasteiger charge is -2.08. The first-order valence-electron chi connectivity index (χ1n) is 5.27. The molecule has 1 aromatic carbocycles. The average Bonchev–Trinajstić information content (AvgIpc) is 2.32. The normalized spacial score (nSPS) is 10.1. The van der Waals surface area contributed by atoms with Gasteiger partial charge in [-0.25, -0.2) is 4.98 Å². The van der Waals surface area contributed by atoms with Crippen molar-refractivity contribution in [1.82, 2.24) is 4.98 Å². The van der Waals surface area contributed by atoms with Crippen LogP contribution in [0.1, 0.15) is 16.1 Å². The molecule has 18 heavy (non-hydrogen) atoms. The number of nitrogens with zero attached hydrogens (tertiary/aromatic N) is 1. The number of ether oxygens (including phenoxy) is 1. The van der Waals surface area contributed by atoms with Crippen molar-refractivity contribution in [3.05, 3.63) is 51.2 Å². The number of halogens is 1. The zero-order chi connectivity index (χ0) is 13.1. The number of hydrogen-bond donors (Lipinski definition) is 1. The van der Waals surface area contributed by atoms with E-state index in [1.807, 2.05) is 31.2 Å². The van der Waals surface area contributed by atoms with E-state index < -0.39 is 5.91 Å². The lowest BCUT2D eigenvalue weighted by Crippen LogP contribution is -2.13. The molecular weight excluding hydrogens is 343 g/mol. The minimum absolute atomic E-state index is 0.240. The van der Waals surface area contributed by atoms with E-state index in [0.29, 0.717) is 5.75 Å². The average molecular weight is 354 g/mol. The molecule has 0 fully saturated rings. The summed E-state index contributed by atoms with van der Waals surface area (Å²) in [6, 6.07) is 10.8. The standard InChI is InChI=1S/C13H11IN2O2/c1-8-2-7-11(12(15)17)13(16-8)18-10-5-3-9(14)4-6-10/h2-7H,1H3,(H2,15,17). The van der Waals surface area contributed by atoms with Crippen LogP contribution in [0.25, 0.3) is 0 Å². The first-order chi connectivity index (χ1) is 8.56. The van der Waals surface area contributed by atoms with Gasteiger partial charge in [0, 0.05) is 9.26 Å². The highest BCUT2D eigenvalue weighted by molar-refractivity contribution is 14.1. The van der Waals surface area contributed by atoms with E-state index in [0.717, 1.165) is 9.26 Å². The maximum atomic E-state index is 11.3. The molecule has 2 aromatic rings. The van der Waals surface area contributed by atoms with Gasteiger partial charge in [0.2, 0.25) is 5.88 Å². The van der Waals surface area contributed by atoms with Crippen molar-refractivity contribution in [1.29, 1.82) is 0 Å². The molecule has 0 aliphatic carbocycles. The van der Waals surface area contributed by atoms with Crippen LogP contribution in [0.3, 0.4) is 0 Å². The Morgan fingerprint density at radius 3 is 2.50 bits per heavy atom. The number of benzene rings is 1. The third-order valence-corrected chi connectivity index (χ3v) is 3.01. The van der Waals surface area contributed by atoms with Crippen LogP contribution in [0.15, 0.2) is 36.4 Å². The molecule has 0 unspecified atom stereocenters. The third kappa shape index (κ3) is 2.98. The summed E-state index contributed by atoms with van der Waals surface area (Å²) in [7, 11) is 0. The number of pyridine rings is 1. The van der Waals surface area contributed by atoms with Crippen molar-refractivity contribution in [2.75, 3.05) is 0 Å². The molecule has 1 aromatic heterocycles. The number of nitrogens with two attached hydrogens (primary N) is 1. The fraction of sp³-hybridized carbons (Fsp3) is 0.0769. The summed E-state index contributed by atoms with van der Waals surface area (Å²) < 4.78 is 6.70. The van der Waals surface area contributed by atoms with Gasteiger partial charge in [-0.05, 0) is 65.9 Å². The van der Waals surface area contributed by atoms with E-state index in [1.54, 1.807) is 12.1 Å². The summed E-state index contributed by atoms with van der Waals surface area (Å²) in [6.45, 7) is 1.82. The molecule has 0 bridgehead atoms. The Labute approximate surface area is 118 Å². The van der Waals surface area contributed by atoms with Gasteiger partial charge >= 0.3 is 0 Å². The SMILES string of the molecule is Cc1ccc(C(N)=O)c(Oc2ccc(I)cc2)n1. The van der Waals surface area contributed by atoms with Gasteiger partial charge in [0.15, 0.2) is 0 Å². The molecule has 4 nitrogen and oxygen atoms in total. The predicted molar refractivity (Wildman–Crippen MR) is 76.7 cm³/mol. The molecule has 0 aliphatic heterocycles. The third-order valence-electron chi connectivity index (χ3n) is 2.29. The summed E-state index contributed by atoms with van der Waals surface area (Å²) in [5, 5.41) is 0. The van der Waals surface area contributed by atoms with Crippen LogP contribution in [0.4, 0.5) is 0 Å². The number of amides is 1. The maximum absolute atomic E-state index is 11.3. The van der Waals surface area contributed by atoms with E-state index in [4.69, 9.17) is 10.5 Å². The highest BCUT2D eigenvalue weighted by Gasteiger charge is 2.12. The number of aryl methyl sites for hydroxylation is 1. The zero-order valence-corrected chi connectivity index (χ0v) is 11.8. The van der Waals surface area contributed by atoms with Crippen molar-refractivity contribution < 1.29 is 9.53 Å². The second-order valence-electron chi connectivity index (χ2n) is 3.73. The Hall–Kier alpha value is -1.63. The Bertz CT molecular complexity index is 582. The molecule has 0 saturated carbocycles. The molecule has 0 radical (unpaired) electrons. The number of carbonyl (C=O) groups excluding carboxylic acids is 1. The van der Waals surface area contributed by atoms with Crippen molar-refractivity contribution in [2.45, 2.75) is 6.92 Å². The van der Waals surface area contributed by atoms with Crippen LogP contribution in [0.2, 0.25) is 0 Å². The van der Waals surface area contributed by atoms with E-state index >= 15 is 0 Å². The molecule has 0 spiro atoms. The number of hydrogen-bond acceptors (Lipinski definition) is 3. The summed E-state index contributed by atoms with van der Waals surface area (Å²) in [5.74, 6) is 0.308. The second kappa shape index (κ2) is 5.34. The monoisotopic (exact) mass is 354 g/mol. The molecule has 92 valence electrons. The molecule has 2 rings (SSSR count). The number of rotatable bonds is 3. The van der Waals surface area contributed by atoms with Crippen LogP contribution in [0.5, 0.6) is 11.6 Å². The molecule has 0 saturated heterocycles. The van der Waals surface area contributed by atoms with Crippen molar-refractivity contribution in [2.24, 2.45) is 5.73 Å². The van der Waals surface area contributed by atoms with Gasteiger partial charge in [-0.1, -0.05) is 0 Å². The lowest BCUT2D eigenvalue weighted by molar-refractivity contribution is 0.0997. The number of carbonyl (C=O) groups is 1. The fourth-order valence-corrected chi connectivity index (χ4v) is 1.77. The van der Waals surface area contributed by atoms with Gasteiger partial charge in [0.25, 0.3) is 5.91 Å². The first-order valence-corrected chi connectivity index (χ1v) is 6.35. The van der Waals surface area contributed by atoms with Crippen molar-refractivity contribution in [3.8, 4) is 11.6 Å². The van der Waals surface area contributed by atoms with E-state index in [9.17, 15) is 4.79 Å². The van der Waals surface area contributed by atoms with Gasteiger partial charge in [-0.15, -0.1) is 0 Å². The highest BCUT2D eigenvalue weighted by Crippen LogP contribution is 2.24. The van der Waals surface area contributed by atoms with E-state index in [2.05, 4.69) is 27.6 Å². The molecule has 0 atom stereocenters. The molecular formula is C13H11IN2O2. The van der Waals surface area contributed by atoms with Crippen LogP contribution < -0.4 is 10.5 Å². The Kier molecular flexibility index (Phi) is 3.81. The Morgan fingerprint density at radius 1 is 1.22 bits per heavy atom. The highest BCUT2D eigenvalue weighted by atomic mass is 127. The van der Waals surface area contributed by atoms with Crippen LogP contribution in [-0.4, -0.2) is 10.9 Å². The van der Waals surface area contributed by atoms with Gasteiger partial charge < -0.3 is 10.5 Å². The zero-order valence-electron chi connectivity index (χ0n) is 9.68. The van der Waals surface area contributed by atoms with Crippen molar-refractivity contribution in [3.63, 3.8) is 0 Å². The largest absolute Gasteiger partial charge is 0.438 e. The number of primary amides is 1. The summed E-state index contributed by atoms with van der Waals surface area (Å²) in [5.41, 5.74) is 6.32. The van der Waals surface area contributed by atoms with Gasteiger partial charge in [-0.2, -0.15) is 0 Å². The van der Waals surface area contributed by atoms with Gasteiger partial charge in [-0.3, -0.25) is 4.79 Å². The van der Waals surface area contributed by atoms with E-state index in [1.165, 1.54) is 0 Å². The second-order valence-corrected chi connectivity index (χ2v) is 4.97. The smallest absolute Gasteiger partial charge is 0.254 e. The molecule has 2 N–H and O–H groups in total. The number of aromatic nitrogens is 1. The minimum atomic E-state index is -0.553. The summed E-state index contributed by atoms with van der Waals surface area (Å²) in [6.07, 6.45) is 0. The fourth-order valence-electron chi connectivity index (χ4n) is 1.41. The summed E-state index contributed by atoms with van der Waals surface area (Å²) >= 11 is 2.20. The lowest BCUT2D eigenvalue weighted by atomic mass is 10.2. The van der Waals surface area contributed by atoms with E-state index in [-0.39, 0.29) is 11.4 Å². The molecule has 0 aliphatic rings. The summed E-state index contributed by atoms with van der Waals surface area (Å²) in [4.78, 5) is 15.5. The van der Waals surface area contributed by atoms with Crippen LogP contribution >= 0.6 is 22.6 Å². The van der Waals surface area contributed by atoms with Gasteiger partial charge in [0.05, 0.1) is 0 Å². The quantitative estimate of drug-likeness (QED) is 0.862. The Morgan fingerprint density at radius 2 is 1.89 bits per heavy atom. The molecule has 1 heterocycles. The van der Waals surface area contributed by atoms with Crippen LogP contribution in [-0.2, 0) is 0 Å². The maximum Gasteiger partial charge on any atom is 0.254 e. The van der Waals surface area contributed by atoms with Crippen LogP contribution in [0, 0.1) is 10.5 Å².